The number of aryl methyl sites for hydroxylation is 1. The number of thioether (sulfide) groups is 1. The monoisotopic (exact) mass is 329 g/mol. The molecule has 0 aliphatic carbocycles. The van der Waals surface area contributed by atoms with Gasteiger partial charge in [-0.25, -0.2) is 0 Å². The van der Waals surface area contributed by atoms with Crippen LogP contribution in [0.15, 0.2) is 30.3 Å². The molecule has 3 rings (SSSR count). The van der Waals surface area contributed by atoms with Crippen molar-refractivity contribution in [2.45, 2.75) is 20.3 Å². The lowest BCUT2D eigenvalue weighted by atomic mass is 10.1. The molecule has 5 nitrogen and oxygen atoms in total. The van der Waals surface area contributed by atoms with Crippen LogP contribution >= 0.6 is 11.8 Å². The topological polar surface area (TPSA) is 66.1 Å². The molecule has 23 heavy (non-hydrogen) atoms. The van der Waals surface area contributed by atoms with Gasteiger partial charge in [-0.15, -0.1) is 0 Å². The number of benzene rings is 1. The molecule has 6 heteroatoms. The van der Waals surface area contributed by atoms with Crippen LogP contribution in [-0.4, -0.2) is 33.5 Å². The molecule has 1 atom stereocenters. The molecule has 1 aliphatic heterocycles. The average Bonchev–Trinajstić information content (AvgIpc) is 3.12. The van der Waals surface area contributed by atoms with Gasteiger partial charge in [0.1, 0.15) is 0 Å². The Labute approximate surface area is 139 Å². The summed E-state index contributed by atoms with van der Waals surface area (Å²) < 4.78 is 0. The number of hydrogen-bond acceptors (Lipinski definition) is 4. The first-order chi connectivity index (χ1) is 11.0. The number of carbonyl (C=O) groups excluding carboxylic acids is 2. The Morgan fingerprint density at radius 2 is 2.22 bits per heavy atom. The molecule has 0 bridgehead atoms. The summed E-state index contributed by atoms with van der Waals surface area (Å²) in [5, 5.41) is 7.42. The van der Waals surface area contributed by atoms with Crippen LogP contribution in [0, 0.1) is 12.8 Å². The molecule has 1 unspecified atom stereocenters. The van der Waals surface area contributed by atoms with E-state index in [0.717, 1.165) is 16.8 Å². The van der Waals surface area contributed by atoms with Crippen LogP contribution < -0.4 is 4.90 Å². The van der Waals surface area contributed by atoms with Crippen molar-refractivity contribution in [2.24, 2.45) is 5.92 Å². The third-order valence-electron chi connectivity index (χ3n) is 4.00. The Hall–Kier alpha value is -2.08. The molecule has 1 aromatic heterocycles. The van der Waals surface area contributed by atoms with E-state index >= 15 is 0 Å². The smallest absolute Gasteiger partial charge is 0.228 e. The number of H-pyrrole nitrogens is 1. The maximum atomic E-state index is 12.2. The third kappa shape index (κ3) is 3.47. The second-order valence-corrected chi connectivity index (χ2v) is 7.03. The molecule has 1 N–H and O–H groups in total. The molecule has 1 saturated heterocycles. The van der Waals surface area contributed by atoms with Crippen LogP contribution in [0.4, 0.5) is 5.82 Å². The van der Waals surface area contributed by atoms with E-state index in [9.17, 15) is 9.59 Å². The third-order valence-corrected chi connectivity index (χ3v) is 5.05. The van der Waals surface area contributed by atoms with Gasteiger partial charge < -0.3 is 0 Å². The Bertz CT molecular complexity index is 741. The summed E-state index contributed by atoms with van der Waals surface area (Å²) in [5.41, 5.74) is 3.15. The van der Waals surface area contributed by atoms with Crippen LogP contribution in [0.5, 0.6) is 0 Å². The minimum Gasteiger partial charge on any atom is -0.295 e. The van der Waals surface area contributed by atoms with Crippen LogP contribution in [0.3, 0.4) is 0 Å². The molecule has 2 aromatic rings. The first kappa shape index (κ1) is 15.8. The van der Waals surface area contributed by atoms with E-state index in [4.69, 9.17) is 0 Å². The number of nitrogens with one attached hydrogen (secondary N) is 1. The van der Waals surface area contributed by atoms with E-state index in [0.29, 0.717) is 24.5 Å². The van der Waals surface area contributed by atoms with E-state index in [1.165, 1.54) is 11.8 Å². The standard InChI is InChI=1S/C17H19N3O2S/c1-11-5-3-4-6-14(11)15-8-16(19-18-15)20-9-13(7-17(20)22)10-23-12(2)21/h3-6,8,13H,7,9-10H2,1-2H3,(H,18,19). The Balaban J connectivity index is 1.74. The summed E-state index contributed by atoms with van der Waals surface area (Å²) in [7, 11) is 0. The van der Waals surface area contributed by atoms with E-state index < -0.39 is 0 Å². The molecule has 2 heterocycles. The number of anilines is 1. The predicted octanol–water partition coefficient (Wildman–Crippen LogP) is 3.02. The molecule has 1 fully saturated rings. The summed E-state index contributed by atoms with van der Waals surface area (Å²) in [6, 6.07) is 9.98. The fourth-order valence-electron chi connectivity index (χ4n) is 2.81. The zero-order valence-corrected chi connectivity index (χ0v) is 14.0. The summed E-state index contributed by atoms with van der Waals surface area (Å²) in [4.78, 5) is 25.0. The van der Waals surface area contributed by atoms with Crippen LogP contribution in [0.2, 0.25) is 0 Å². The summed E-state index contributed by atoms with van der Waals surface area (Å²) in [5.74, 6) is 1.62. The molecule has 0 radical (unpaired) electrons. The van der Waals surface area contributed by atoms with Gasteiger partial charge in [-0.3, -0.25) is 19.6 Å². The highest BCUT2D eigenvalue weighted by molar-refractivity contribution is 8.13. The predicted molar refractivity (Wildman–Crippen MR) is 92.4 cm³/mol. The fourth-order valence-corrected chi connectivity index (χ4v) is 3.51. The Morgan fingerprint density at radius 3 is 2.96 bits per heavy atom. The highest BCUT2D eigenvalue weighted by atomic mass is 32.2. The van der Waals surface area contributed by atoms with Crippen LogP contribution in [-0.2, 0) is 9.59 Å². The van der Waals surface area contributed by atoms with E-state index in [1.54, 1.807) is 11.8 Å². The zero-order valence-electron chi connectivity index (χ0n) is 13.2. The van der Waals surface area contributed by atoms with E-state index in [1.807, 2.05) is 37.3 Å². The van der Waals surface area contributed by atoms with Gasteiger partial charge in [-0.05, 0) is 18.4 Å². The van der Waals surface area contributed by atoms with Gasteiger partial charge in [0.25, 0.3) is 0 Å². The number of aromatic nitrogens is 2. The van der Waals surface area contributed by atoms with E-state index in [-0.39, 0.29) is 16.9 Å². The van der Waals surface area contributed by atoms with Gasteiger partial charge >= 0.3 is 0 Å². The molecule has 1 aliphatic rings. The van der Waals surface area contributed by atoms with E-state index in [2.05, 4.69) is 10.2 Å². The molecular formula is C17H19N3O2S. The van der Waals surface area contributed by atoms with Gasteiger partial charge in [0.2, 0.25) is 5.91 Å². The quantitative estimate of drug-likeness (QED) is 0.936. The number of nitrogens with zero attached hydrogens (tertiary/aromatic N) is 2. The summed E-state index contributed by atoms with van der Waals surface area (Å²) in [6.07, 6.45) is 0.479. The Morgan fingerprint density at radius 1 is 1.43 bits per heavy atom. The van der Waals surface area contributed by atoms with Crippen molar-refractivity contribution in [1.82, 2.24) is 10.2 Å². The zero-order chi connectivity index (χ0) is 16.4. The number of amides is 1. The lowest BCUT2D eigenvalue weighted by Gasteiger charge is -2.12. The fraction of sp³-hybridized carbons (Fsp3) is 0.353. The number of aromatic amines is 1. The van der Waals surface area contributed by atoms with Crippen molar-refractivity contribution in [3.05, 3.63) is 35.9 Å². The molecule has 1 aromatic carbocycles. The van der Waals surface area contributed by atoms with Crippen molar-refractivity contribution >= 4 is 28.6 Å². The van der Waals surface area contributed by atoms with Gasteiger partial charge in [0.15, 0.2) is 10.9 Å². The maximum Gasteiger partial charge on any atom is 0.228 e. The van der Waals surface area contributed by atoms with Gasteiger partial charge in [0, 0.05) is 37.3 Å². The molecule has 1 amide bonds. The highest BCUT2D eigenvalue weighted by Crippen LogP contribution is 2.29. The van der Waals surface area contributed by atoms with Gasteiger partial charge in [-0.1, -0.05) is 36.0 Å². The Kier molecular flexibility index (Phi) is 4.52. The first-order valence-corrected chi connectivity index (χ1v) is 8.58. The second-order valence-electron chi connectivity index (χ2n) is 5.83. The minimum absolute atomic E-state index is 0.0713. The minimum atomic E-state index is 0.0713. The SMILES string of the molecule is CC(=O)SCC1CC(=O)N(c2cc(-c3ccccc3C)[nH]n2)C1. The summed E-state index contributed by atoms with van der Waals surface area (Å²) >= 11 is 1.29. The van der Waals surface area contributed by atoms with Crippen LogP contribution in [0.1, 0.15) is 18.9 Å². The lowest BCUT2D eigenvalue weighted by Crippen LogP contribution is -2.25. The summed E-state index contributed by atoms with van der Waals surface area (Å²) in [6.45, 7) is 4.23. The maximum absolute atomic E-state index is 12.2. The average molecular weight is 329 g/mol. The van der Waals surface area contributed by atoms with Crippen molar-refractivity contribution in [1.29, 1.82) is 0 Å². The van der Waals surface area contributed by atoms with Crippen molar-refractivity contribution in [3.8, 4) is 11.3 Å². The number of carbonyl (C=O) groups is 2. The molecule has 120 valence electrons. The van der Waals surface area contributed by atoms with Crippen molar-refractivity contribution < 1.29 is 9.59 Å². The van der Waals surface area contributed by atoms with Crippen molar-refractivity contribution in [2.75, 3.05) is 17.2 Å². The molecule has 0 saturated carbocycles. The van der Waals surface area contributed by atoms with Crippen LogP contribution in [0.25, 0.3) is 11.3 Å². The lowest BCUT2D eigenvalue weighted by molar-refractivity contribution is -0.117. The number of rotatable bonds is 4. The largest absolute Gasteiger partial charge is 0.295 e. The second kappa shape index (κ2) is 6.58. The highest BCUT2D eigenvalue weighted by Gasteiger charge is 2.32. The molecular weight excluding hydrogens is 310 g/mol. The normalized spacial score (nSPS) is 17.7. The number of hydrogen-bond donors (Lipinski definition) is 1. The van der Waals surface area contributed by atoms with Gasteiger partial charge in [0.05, 0.1) is 5.69 Å². The molecule has 0 spiro atoms. The first-order valence-electron chi connectivity index (χ1n) is 7.59. The van der Waals surface area contributed by atoms with Gasteiger partial charge in [-0.2, -0.15) is 5.10 Å². The van der Waals surface area contributed by atoms with Crippen molar-refractivity contribution in [3.63, 3.8) is 0 Å².